The summed E-state index contributed by atoms with van der Waals surface area (Å²) >= 11 is 0. The third-order valence-corrected chi connectivity index (χ3v) is 4.02. The van der Waals surface area contributed by atoms with Gasteiger partial charge in [-0.2, -0.15) is 8.42 Å². The zero-order chi connectivity index (χ0) is 15.7. The molecule has 0 saturated heterocycles. The van der Waals surface area contributed by atoms with Crippen molar-refractivity contribution in [3.63, 3.8) is 0 Å². The van der Waals surface area contributed by atoms with E-state index >= 15 is 0 Å². The highest BCUT2D eigenvalue weighted by molar-refractivity contribution is 7.82. The summed E-state index contributed by atoms with van der Waals surface area (Å²) in [4.78, 5) is 0. The van der Waals surface area contributed by atoms with Crippen molar-refractivity contribution in [3.8, 4) is 0 Å². The van der Waals surface area contributed by atoms with Crippen LogP contribution in [0.2, 0.25) is 0 Å². The highest BCUT2D eigenvalue weighted by Crippen LogP contribution is 2.18. The molecule has 15 heteroatoms. The maximum absolute atomic E-state index is 11.3. The minimum absolute atomic E-state index is 0.426. The van der Waals surface area contributed by atoms with Crippen molar-refractivity contribution in [2.24, 2.45) is 0 Å². The quantitative estimate of drug-likeness (QED) is 0.538. The Labute approximate surface area is 119 Å². The van der Waals surface area contributed by atoms with Crippen LogP contribution in [0.4, 0.5) is 0 Å². The average molecular weight is 366 g/mol. The Morgan fingerprint density at radius 2 is 1.24 bits per heavy atom. The summed E-state index contributed by atoms with van der Waals surface area (Å²) < 4.78 is 90.3. The first-order chi connectivity index (χ1) is 9.57. The molecule has 0 atom stereocenters. The predicted molar refractivity (Wildman–Crippen MR) is 59.2 cm³/mol. The van der Waals surface area contributed by atoms with Crippen molar-refractivity contribution in [2.45, 2.75) is 0 Å². The van der Waals surface area contributed by atoms with Crippen LogP contribution < -0.4 is 0 Å². The second-order valence-electron chi connectivity index (χ2n) is 3.28. The van der Waals surface area contributed by atoms with Gasteiger partial charge in [0.1, 0.15) is 13.2 Å². The van der Waals surface area contributed by atoms with Gasteiger partial charge in [0.25, 0.3) is 0 Å². The third kappa shape index (κ3) is 4.74. The Bertz CT molecular complexity index is 720. The van der Waals surface area contributed by atoms with Gasteiger partial charge in [0.05, 0.1) is 0 Å². The molecule has 0 saturated carbocycles. The van der Waals surface area contributed by atoms with E-state index in [1.807, 2.05) is 0 Å². The maximum Gasteiger partial charge on any atom is 0.500 e. The third-order valence-electron chi connectivity index (χ3n) is 1.70. The van der Waals surface area contributed by atoms with Crippen LogP contribution in [0.3, 0.4) is 0 Å². The fourth-order valence-corrected chi connectivity index (χ4v) is 2.79. The van der Waals surface area contributed by atoms with Crippen LogP contribution in [-0.2, 0) is 56.3 Å². The van der Waals surface area contributed by atoms with Gasteiger partial charge in [0, 0.05) is 0 Å². The van der Waals surface area contributed by atoms with Gasteiger partial charge in [0.15, 0.2) is 24.0 Å². The topological polar surface area (TPSA) is 158 Å². The van der Waals surface area contributed by atoms with E-state index in [1.54, 1.807) is 0 Å². The van der Waals surface area contributed by atoms with Gasteiger partial charge in [-0.1, -0.05) is 0 Å². The summed E-state index contributed by atoms with van der Waals surface area (Å²) in [6.07, 6.45) is 1.27. The summed E-state index contributed by atoms with van der Waals surface area (Å²) in [5.74, 6) is -0.853. The highest BCUT2D eigenvalue weighted by Gasteiger charge is 2.27. The first-order valence-corrected chi connectivity index (χ1v) is 8.74. The van der Waals surface area contributed by atoms with Gasteiger partial charge in [0.2, 0.25) is 0 Å². The monoisotopic (exact) mass is 366 g/mol. The van der Waals surface area contributed by atoms with Crippen LogP contribution in [0, 0.1) is 0 Å². The molecule has 0 bridgehead atoms. The van der Waals surface area contributed by atoms with E-state index in [-0.39, 0.29) is 0 Å². The average Bonchev–Trinajstić information content (AvgIpc) is 2.87. The fraction of sp³-hybridized carbons (Fsp3) is 0.333. The molecule has 0 aromatic carbocycles. The molecule has 0 amide bonds. The Kier molecular flexibility index (Phi) is 4.02. The molecule has 0 unspecified atom stereocenters. The lowest BCUT2D eigenvalue weighted by Crippen LogP contribution is -2.15. The molecular formula is C6H6O12S3. The van der Waals surface area contributed by atoms with E-state index in [4.69, 9.17) is 0 Å². The molecule has 0 aromatic rings. The molecule has 0 fully saturated rings. The fourth-order valence-electron chi connectivity index (χ4n) is 0.977. The van der Waals surface area contributed by atoms with Crippen LogP contribution in [0.1, 0.15) is 0 Å². The lowest BCUT2D eigenvalue weighted by Gasteiger charge is -2.05. The minimum atomic E-state index is -4.57. The van der Waals surface area contributed by atoms with E-state index in [1.165, 1.54) is 0 Å². The van der Waals surface area contributed by atoms with Crippen molar-refractivity contribution >= 4 is 31.2 Å². The minimum Gasteiger partial charge on any atom is -0.357 e. The summed E-state index contributed by atoms with van der Waals surface area (Å²) in [6, 6.07) is 0. The molecule has 120 valence electrons. The summed E-state index contributed by atoms with van der Waals surface area (Å²) in [5, 5.41) is 0. The number of hydrogen-bond donors (Lipinski definition) is 0. The second-order valence-corrected chi connectivity index (χ2v) is 6.92. The molecule has 12 nitrogen and oxygen atoms in total. The van der Waals surface area contributed by atoms with E-state index in [0.29, 0.717) is 12.5 Å². The SMILES string of the molecule is O=S(=O)(OCC1=COS(=O)(=O)O1)OCC1=COS(=O)(=O)O1. The molecule has 2 aliphatic rings. The zero-order valence-electron chi connectivity index (χ0n) is 9.69. The largest absolute Gasteiger partial charge is 0.500 e. The van der Waals surface area contributed by atoms with Gasteiger partial charge in [-0.15, -0.1) is 16.8 Å². The van der Waals surface area contributed by atoms with Crippen LogP contribution in [0.15, 0.2) is 24.0 Å². The Balaban J connectivity index is 1.81. The van der Waals surface area contributed by atoms with Gasteiger partial charge >= 0.3 is 31.2 Å². The van der Waals surface area contributed by atoms with E-state index in [9.17, 15) is 25.3 Å². The molecule has 0 spiro atoms. The Hall–Kier alpha value is -1.55. The van der Waals surface area contributed by atoms with Gasteiger partial charge in [-0.25, -0.2) is 8.37 Å². The summed E-state index contributed by atoms with van der Waals surface area (Å²) in [5.41, 5.74) is 0. The first-order valence-electron chi connectivity index (χ1n) is 4.74. The Morgan fingerprint density at radius 3 is 1.52 bits per heavy atom. The van der Waals surface area contributed by atoms with Crippen molar-refractivity contribution < 1.29 is 50.4 Å². The molecule has 21 heavy (non-hydrogen) atoms. The highest BCUT2D eigenvalue weighted by atomic mass is 32.3. The lowest BCUT2D eigenvalue weighted by molar-refractivity contribution is 0.206. The van der Waals surface area contributed by atoms with Crippen LogP contribution in [-0.4, -0.2) is 38.5 Å². The van der Waals surface area contributed by atoms with E-state index < -0.39 is 55.9 Å². The molecular weight excluding hydrogens is 360 g/mol. The van der Waals surface area contributed by atoms with Gasteiger partial charge in [-0.05, 0) is 0 Å². The van der Waals surface area contributed by atoms with Crippen molar-refractivity contribution in [3.05, 3.63) is 24.0 Å². The van der Waals surface area contributed by atoms with Crippen LogP contribution in [0.25, 0.3) is 0 Å². The molecule has 0 aromatic heterocycles. The molecule has 2 aliphatic heterocycles. The van der Waals surface area contributed by atoms with Gasteiger partial charge in [-0.3, -0.25) is 0 Å². The zero-order valence-corrected chi connectivity index (χ0v) is 12.1. The van der Waals surface area contributed by atoms with Crippen molar-refractivity contribution in [1.82, 2.24) is 0 Å². The smallest absolute Gasteiger partial charge is 0.357 e. The maximum atomic E-state index is 11.3. The van der Waals surface area contributed by atoms with Crippen molar-refractivity contribution in [2.75, 3.05) is 13.2 Å². The lowest BCUT2D eigenvalue weighted by atomic mass is 10.6. The normalized spacial score (nSPS) is 22.3. The molecule has 2 heterocycles. The summed E-state index contributed by atoms with van der Waals surface area (Å²) in [7, 11) is -13.0. The molecule has 2 rings (SSSR count). The predicted octanol–water partition coefficient (Wildman–Crippen LogP) is -1.47. The Morgan fingerprint density at radius 1 is 0.857 bits per heavy atom. The van der Waals surface area contributed by atoms with E-state index in [2.05, 4.69) is 25.1 Å². The second kappa shape index (κ2) is 5.34. The standard InChI is InChI=1S/C6H6O12S3/c7-19(8,13-1-5-3-15-20(9,10)17-5)14-2-6-4-16-21(11,12)18-6/h3-4H,1-2H2. The summed E-state index contributed by atoms with van der Waals surface area (Å²) in [6.45, 7) is -1.62. The molecule has 0 aliphatic carbocycles. The van der Waals surface area contributed by atoms with Crippen molar-refractivity contribution in [1.29, 1.82) is 0 Å². The van der Waals surface area contributed by atoms with Gasteiger partial charge < -0.3 is 16.7 Å². The first kappa shape index (κ1) is 15.8. The van der Waals surface area contributed by atoms with Crippen LogP contribution >= 0.6 is 0 Å². The number of hydrogen-bond acceptors (Lipinski definition) is 12. The van der Waals surface area contributed by atoms with E-state index in [0.717, 1.165) is 0 Å². The number of rotatable bonds is 6. The molecule has 0 N–H and O–H groups in total. The van der Waals surface area contributed by atoms with Crippen LogP contribution in [0.5, 0.6) is 0 Å². The molecule has 0 radical (unpaired) electrons.